The maximum atomic E-state index is 10.3. The summed E-state index contributed by atoms with van der Waals surface area (Å²) in [6.07, 6.45) is 21.2. The maximum Gasteiger partial charge on any atom is 0.303 e. The van der Waals surface area contributed by atoms with Crippen LogP contribution >= 0.6 is 0 Å². The van der Waals surface area contributed by atoms with Gasteiger partial charge in [-0.25, -0.2) is 0 Å². The van der Waals surface area contributed by atoms with Gasteiger partial charge in [-0.15, -0.1) is 0 Å². The minimum Gasteiger partial charge on any atom is -0.481 e. The van der Waals surface area contributed by atoms with E-state index in [2.05, 4.69) is 19.1 Å². The van der Waals surface area contributed by atoms with Crippen molar-refractivity contribution in [1.82, 2.24) is 6.15 Å². The van der Waals surface area contributed by atoms with E-state index in [0.717, 1.165) is 12.8 Å². The van der Waals surface area contributed by atoms with Gasteiger partial charge in [-0.3, -0.25) is 4.79 Å². The Hall–Kier alpha value is -0.990. The van der Waals surface area contributed by atoms with Crippen molar-refractivity contribution in [3.63, 3.8) is 0 Å². The van der Waals surface area contributed by atoms with Gasteiger partial charge in [0.2, 0.25) is 0 Å². The molecule has 0 aliphatic rings. The molecule has 30 heavy (non-hydrogen) atoms. The van der Waals surface area contributed by atoms with Crippen LogP contribution in [0.5, 0.6) is 0 Å². The highest BCUT2D eigenvalue weighted by atomic mass is 16.4. The van der Waals surface area contributed by atoms with E-state index in [9.17, 15) is 4.79 Å². The summed E-state index contributed by atoms with van der Waals surface area (Å²) in [6, 6.07) is 0. The van der Waals surface area contributed by atoms with Crippen LogP contribution in [-0.2, 0) is 4.79 Å². The molecular formula is C23H49NO6. The molecule has 0 amide bonds. The van der Waals surface area contributed by atoms with Crippen molar-refractivity contribution in [2.24, 2.45) is 5.41 Å². The molecule has 0 atom stereocenters. The number of aliphatic hydroxyl groups is 4. The Balaban J connectivity index is -0.000000616. The minimum absolute atomic E-state index is 0. The molecule has 0 bridgehead atoms. The molecule has 0 aromatic carbocycles. The van der Waals surface area contributed by atoms with Gasteiger partial charge in [0.15, 0.2) is 0 Å². The lowest BCUT2D eigenvalue weighted by Crippen LogP contribution is -2.37. The molecule has 0 aliphatic carbocycles. The second-order valence-corrected chi connectivity index (χ2v) is 7.86. The van der Waals surface area contributed by atoms with E-state index in [1.807, 2.05) is 0 Å². The molecule has 0 radical (unpaired) electrons. The number of carbonyl (C=O) groups is 1. The first kappa shape index (κ1) is 33.6. The van der Waals surface area contributed by atoms with Crippen molar-refractivity contribution in [2.45, 2.75) is 96.8 Å². The summed E-state index contributed by atoms with van der Waals surface area (Å²) in [5.74, 6) is -0.664. The van der Waals surface area contributed by atoms with Crippen LogP contribution in [0.1, 0.15) is 96.8 Å². The molecule has 0 aromatic heterocycles. The number of hydrogen-bond donors (Lipinski definition) is 6. The molecule has 0 heterocycles. The molecule has 0 rings (SSSR count). The fourth-order valence-corrected chi connectivity index (χ4v) is 2.65. The number of aliphatic hydroxyl groups excluding tert-OH is 4. The molecule has 7 heteroatoms. The fourth-order valence-electron chi connectivity index (χ4n) is 2.65. The zero-order valence-corrected chi connectivity index (χ0v) is 19.2. The molecular weight excluding hydrogens is 386 g/mol. The van der Waals surface area contributed by atoms with Crippen molar-refractivity contribution >= 4 is 5.97 Å². The van der Waals surface area contributed by atoms with Gasteiger partial charge < -0.3 is 31.7 Å². The van der Waals surface area contributed by atoms with E-state index < -0.39 is 37.8 Å². The van der Waals surface area contributed by atoms with Crippen molar-refractivity contribution in [3.8, 4) is 0 Å². The van der Waals surface area contributed by atoms with E-state index in [4.69, 9.17) is 25.5 Å². The molecule has 0 aromatic rings. The first-order chi connectivity index (χ1) is 14.0. The van der Waals surface area contributed by atoms with Gasteiger partial charge in [0.25, 0.3) is 0 Å². The number of allylic oxidation sites excluding steroid dienone is 2. The van der Waals surface area contributed by atoms with Crippen LogP contribution in [0.2, 0.25) is 0 Å². The molecule has 0 spiro atoms. The zero-order chi connectivity index (χ0) is 22.2. The lowest BCUT2D eigenvalue weighted by molar-refractivity contribution is -0.137. The summed E-state index contributed by atoms with van der Waals surface area (Å²) in [5, 5.41) is 42.5. The number of carboxylic acids is 1. The van der Waals surface area contributed by atoms with Crippen molar-refractivity contribution in [2.75, 3.05) is 26.4 Å². The molecule has 8 N–H and O–H groups in total. The Morgan fingerprint density at radius 3 is 1.37 bits per heavy atom. The largest absolute Gasteiger partial charge is 0.481 e. The smallest absolute Gasteiger partial charge is 0.303 e. The number of aliphatic carboxylic acids is 1. The van der Waals surface area contributed by atoms with Gasteiger partial charge in [-0.2, -0.15) is 0 Å². The average Bonchev–Trinajstić information content (AvgIpc) is 2.73. The van der Waals surface area contributed by atoms with Crippen molar-refractivity contribution in [3.05, 3.63) is 12.2 Å². The first-order valence-electron chi connectivity index (χ1n) is 11.3. The van der Waals surface area contributed by atoms with E-state index in [1.54, 1.807) is 0 Å². The zero-order valence-electron chi connectivity index (χ0n) is 19.2. The van der Waals surface area contributed by atoms with Gasteiger partial charge in [0.05, 0.1) is 31.8 Å². The Labute approximate surface area is 183 Å². The summed E-state index contributed by atoms with van der Waals surface area (Å²) < 4.78 is 0. The Morgan fingerprint density at radius 2 is 1.03 bits per heavy atom. The molecule has 0 saturated heterocycles. The monoisotopic (exact) mass is 435 g/mol. The Bertz CT molecular complexity index is 355. The van der Waals surface area contributed by atoms with Gasteiger partial charge in [0.1, 0.15) is 0 Å². The van der Waals surface area contributed by atoms with E-state index in [1.165, 1.54) is 70.6 Å². The van der Waals surface area contributed by atoms with Gasteiger partial charge >= 0.3 is 5.97 Å². The van der Waals surface area contributed by atoms with Crippen molar-refractivity contribution in [1.29, 1.82) is 0 Å². The van der Waals surface area contributed by atoms with Gasteiger partial charge in [-0.05, 0) is 32.1 Å². The fraction of sp³-hybridized carbons (Fsp3) is 0.870. The van der Waals surface area contributed by atoms with Crippen LogP contribution in [0.4, 0.5) is 0 Å². The molecule has 0 aliphatic heterocycles. The normalized spacial score (nSPS) is 11.1. The Kier molecular flexibility index (Phi) is 29.2. The highest BCUT2D eigenvalue weighted by Crippen LogP contribution is 2.12. The summed E-state index contributed by atoms with van der Waals surface area (Å²) in [7, 11) is 0. The highest BCUT2D eigenvalue weighted by Gasteiger charge is 2.26. The average molecular weight is 436 g/mol. The van der Waals surface area contributed by atoms with Crippen molar-refractivity contribution < 1.29 is 30.3 Å². The number of unbranched alkanes of at least 4 members (excludes halogenated alkanes) is 11. The molecule has 182 valence electrons. The maximum absolute atomic E-state index is 10.3. The first-order valence-corrected chi connectivity index (χ1v) is 11.3. The predicted octanol–water partition coefficient (Wildman–Crippen LogP) is 4.21. The van der Waals surface area contributed by atoms with E-state index in [0.29, 0.717) is 6.42 Å². The van der Waals surface area contributed by atoms with Gasteiger partial charge in [0, 0.05) is 6.42 Å². The summed E-state index contributed by atoms with van der Waals surface area (Å²) >= 11 is 0. The van der Waals surface area contributed by atoms with Crippen LogP contribution in [0.3, 0.4) is 0 Å². The number of carboxylic acid groups (broad SMARTS) is 1. The lowest BCUT2D eigenvalue weighted by Gasteiger charge is -2.23. The number of rotatable bonds is 19. The van der Waals surface area contributed by atoms with Crippen LogP contribution < -0.4 is 6.15 Å². The highest BCUT2D eigenvalue weighted by molar-refractivity contribution is 5.66. The third-order valence-electron chi connectivity index (χ3n) is 4.99. The van der Waals surface area contributed by atoms with Crippen LogP contribution in [0.15, 0.2) is 12.2 Å². The van der Waals surface area contributed by atoms with Crippen LogP contribution in [0, 0.1) is 5.41 Å². The third-order valence-corrected chi connectivity index (χ3v) is 4.99. The molecule has 0 unspecified atom stereocenters. The third kappa shape index (κ3) is 23.3. The van der Waals surface area contributed by atoms with Gasteiger partial charge in [-0.1, -0.05) is 70.4 Å². The number of hydrogen-bond acceptors (Lipinski definition) is 6. The molecule has 0 fully saturated rings. The summed E-state index contributed by atoms with van der Waals surface area (Å²) in [4.78, 5) is 10.3. The second kappa shape index (κ2) is 26.0. The standard InChI is InChI=1S/C18H34O2.C5H12O4.H3N/c1-2-3-4-5-6-7-8-9-10-11-12-13-14-15-16-17-18(19)20;6-1-5(2-7,3-8)4-9;/h9-10H,2-8,11-17H2,1H3,(H,19,20);6-9H,1-4H2;1H3/b10-9-;;. The molecule has 7 nitrogen and oxygen atoms in total. The minimum atomic E-state index is -1.11. The predicted molar refractivity (Wildman–Crippen MR) is 123 cm³/mol. The van der Waals surface area contributed by atoms with E-state index >= 15 is 0 Å². The summed E-state index contributed by atoms with van der Waals surface area (Å²) in [5.41, 5.74) is -1.11. The SMILES string of the molecule is CCCCCCCC/C=C\CCCCCCCC(=O)O.N.OCC(CO)(CO)CO. The lowest BCUT2D eigenvalue weighted by atomic mass is 9.93. The van der Waals surface area contributed by atoms with Crippen LogP contribution in [-0.4, -0.2) is 57.9 Å². The second-order valence-electron chi connectivity index (χ2n) is 7.86. The van der Waals surface area contributed by atoms with Crippen LogP contribution in [0.25, 0.3) is 0 Å². The summed E-state index contributed by atoms with van der Waals surface area (Å²) in [6.45, 7) is 0.634. The Morgan fingerprint density at radius 1 is 0.667 bits per heavy atom. The molecule has 0 saturated carbocycles. The van der Waals surface area contributed by atoms with E-state index in [-0.39, 0.29) is 6.15 Å². The topological polar surface area (TPSA) is 153 Å². The quantitative estimate of drug-likeness (QED) is 0.131.